The smallest absolute Gasteiger partial charge is 0.300 e. The highest BCUT2D eigenvalue weighted by molar-refractivity contribution is 7.17. The van der Waals surface area contributed by atoms with Gasteiger partial charge in [0.1, 0.15) is 10.7 Å². The first-order valence-corrected chi connectivity index (χ1v) is 12.1. The molecule has 0 saturated carbocycles. The molecule has 0 aliphatic carbocycles. The molecular weight excluding hydrogens is 489 g/mol. The molecule has 2 heterocycles. The first-order chi connectivity index (χ1) is 17.3. The number of carbonyl (C=O) groups is 3. The van der Waals surface area contributed by atoms with Gasteiger partial charge in [-0.2, -0.15) is 0 Å². The first kappa shape index (κ1) is 28.6. The molecule has 0 atom stereocenters. The Balaban J connectivity index is 0.00000106. The number of nitrogens with one attached hydrogen (secondary N) is 1. The number of halogens is 1. The predicted octanol–water partition coefficient (Wildman–Crippen LogP) is 3.00. The fourth-order valence-electron chi connectivity index (χ4n) is 3.05. The third-order valence-electron chi connectivity index (χ3n) is 4.77. The van der Waals surface area contributed by atoms with Gasteiger partial charge in [-0.05, 0) is 24.5 Å². The zero-order chi connectivity index (χ0) is 26.3. The third kappa shape index (κ3) is 9.92. The summed E-state index contributed by atoms with van der Waals surface area (Å²) < 4.78 is 21.0. The van der Waals surface area contributed by atoms with Crippen molar-refractivity contribution < 1.29 is 28.6 Å². The average Bonchev–Trinajstić information content (AvgIpc) is 3.54. The SMILES string of the molecule is CC(=O)O.COCCC(=O)N(CCc1ccccc1F)c1ncc(C(=O)NCCCn2ccnc2)s1. The number of aliphatic carboxylic acids is 1. The summed E-state index contributed by atoms with van der Waals surface area (Å²) in [5.74, 6) is -1.57. The fourth-order valence-corrected chi connectivity index (χ4v) is 3.92. The molecular formula is C24H30FN5O5S. The van der Waals surface area contributed by atoms with Gasteiger partial charge in [-0.1, -0.05) is 29.5 Å². The summed E-state index contributed by atoms with van der Waals surface area (Å²) in [6, 6.07) is 6.47. The van der Waals surface area contributed by atoms with E-state index in [4.69, 9.17) is 14.6 Å². The molecule has 2 N–H and O–H groups in total. The van der Waals surface area contributed by atoms with Gasteiger partial charge in [-0.25, -0.2) is 14.4 Å². The van der Waals surface area contributed by atoms with E-state index in [9.17, 15) is 14.0 Å². The molecule has 0 spiro atoms. The molecule has 0 bridgehead atoms. The van der Waals surface area contributed by atoms with Gasteiger partial charge in [0.15, 0.2) is 5.13 Å². The molecule has 3 aromatic rings. The molecule has 12 heteroatoms. The Morgan fingerprint density at radius 2 is 2.03 bits per heavy atom. The second-order valence-corrected chi connectivity index (χ2v) is 8.57. The summed E-state index contributed by atoms with van der Waals surface area (Å²) in [5.41, 5.74) is 0.518. The van der Waals surface area contributed by atoms with Gasteiger partial charge < -0.3 is 19.7 Å². The third-order valence-corrected chi connectivity index (χ3v) is 5.79. The van der Waals surface area contributed by atoms with E-state index in [1.807, 2.05) is 10.8 Å². The van der Waals surface area contributed by atoms with Crippen molar-refractivity contribution in [2.75, 3.05) is 31.7 Å². The first-order valence-electron chi connectivity index (χ1n) is 11.2. The Kier molecular flexibility index (Phi) is 12.2. The van der Waals surface area contributed by atoms with Gasteiger partial charge in [0.05, 0.1) is 25.6 Å². The van der Waals surface area contributed by atoms with Gasteiger partial charge in [0.2, 0.25) is 5.91 Å². The standard InChI is InChI=1S/C22H26FN5O3S.C2H4O2/c1-31-14-8-20(29)28(12-7-17-5-2-3-6-18(17)23)22-26-15-19(32-22)21(30)25-9-4-11-27-13-10-24-16-27;1-2(3)4/h2-3,5-6,10,13,15-16H,4,7-9,11-12,14H2,1H3,(H,25,30);1H3,(H,3,4). The number of imidazole rings is 1. The zero-order valence-corrected chi connectivity index (χ0v) is 21.0. The number of amides is 2. The summed E-state index contributed by atoms with van der Waals surface area (Å²) in [7, 11) is 1.52. The van der Waals surface area contributed by atoms with Gasteiger partial charge in [0, 0.05) is 46.1 Å². The molecule has 36 heavy (non-hydrogen) atoms. The number of carbonyl (C=O) groups excluding carboxylic acids is 2. The van der Waals surface area contributed by atoms with Crippen molar-refractivity contribution in [1.82, 2.24) is 19.9 Å². The Bertz CT molecular complexity index is 1100. The molecule has 0 fully saturated rings. The second-order valence-electron chi connectivity index (χ2n) is 7.57. The van der Waals surface area contributed by atoms with Crippen LogP contribution in [0.4, 0.5) is 9.52 Å². The van der Waals surface area contributed by atoms with E-state index in [1.54, 1.807) is 30.7 Å². The van der Waals surface area contributed by atoms with Crippen molar-refractivity contribution in [2.45, 2.75) is 32.7 Å². The van der Waals surface area contributed by atoms with Crippen molar-refractivity contribution in [3.05, 3.63) is 65.4 Å². The van der Waals surface area contributed by atoms with E-state index < -0.39 is 5.97 Å². The zero-order valence-electron chi connectivity index (χ0n) is 20.2. The molecule has 0 aliphatic heterocycles. The lowest BCUT2D eigenvalue weighted by Gasteiger charge is -2.20. The normalized spacial score (nSPS) is 10.3. The molecule has 0 unspecified atom stereocenters. The molecule has 0 aliphatic rings. The number of benzene rings is 1. The maximum Gasteiger partial charge on any atom is 0.300 e. The average molecular weight is 520 g/mol. The number of ether oxygens (including phenoxy) is 1. The van der Waals surface area contributed by atoms with Gasteiger partial charge in [-0.3, -0.25) is 19.3 Å². The number of methoxy groups -OCH3 is 1. The van der Waals surface area contributed by atoms with Crippen LogP contribution in [0.3, 0.4) is 0 Å². The largest absolute Gasteiger partial charge is 0.481 e. The van der Waals surface area contributed by atoms with Crippen LogP contribution in [-0.2, 0) is 27.3 Å². The summed E-state index contributed by atoms with van der Waals surface area (Å²) in [4.78, 5) is 44.4. The quantitative estimate of drug-likeness (QED) is 0.352. The Labute approximate surface area is 212 Å². The number of anilines is 1. The Morgan fingerprint density at radius 1 is 1.28 bits per heavy atom. The number of aryl methyl sites for hydroxylation is 1. The molecule has 2 aromatic heterocycles. The van der Waals surface area contributed by atoms with E-state index in [2.05, 4.69) is 15.3 Å². The molecule has 194 valence electrons. The van der Waals surface area contributed by atoms with Crippen LogP contribution in [0.2, 0.25) is 0 Å². The summed E-state index contributed by atoms with van der Waals surface area (Å²) in [5, 5.41) is 10.7. The highest BCUT2D eigenvalue weighted by Crippen LogP contribution is 2.24. The monoisotopic (exact) mass is 519 g/mol. The number of hydrogen-bond acceptors (Lipinski definition) is 7. The van der Waals surface area contributed by atoms with Crippen molar-refractivity contribution in [3.8, 4) is 0 Å². The minimum atomic E-state index is -0.833. The van der Waals surface area contributed by atoms with Crippen molar-refractivity contribution >= 4 is 34.3 Å². The van der Waals surface area contributed by atoms with Crippen LogP contribution in [0, 0.1) is 5.82 Å². The van der Waals surface area contributed by atoms with Gasteiger partial charge >= 0.3 is 0 Å². The van der Waals surface area contributed by atoms with Crippen LogP contribution in [0.5, 0.6) is 0 Å². The number of carboxylic acids is 1. The molecule has 3 rings (SSSR count). The number of carboxylic acid groups (broad SMARTS) is 1. The van der Waals surface area contributed by atoms with Crippen molar-refractivity contribution in [2.24, 2.45) is 0 Å². The van der Waals surface area contributed by atoms with Crippen LogP contribution in [0.25, 0.3) is 0 Å². The topological polar surface area (TPSA) is 127 Å². The van der Waals surface area contributed by atoms with Crippen LogP contribution in [0.1, 0.15) is 35.0 Å². The maximum atomic E-state index is 14.0. The van der Waals surface area contributed by atoms with Crippen molar-refractivity contribution in [3.63, 3.8) is 0 Å². The van der Waals surface area contributed by atoms with E-state index in [0.717, 1.165) is 31.2 Å². The minimum absolute atomic E-state index is 0.170. The molecule has 1 aromatic carbocycles. The second kappa shape index (κ2) is 15.4. The highest BCUT2D eigenvalue weighted by Gasteiger charge is 2.21. The Hall–Kier alpha value is -3.64. The number of thiazole rings is 1. The van der Waals surface area contributed by atoms with E-state index in [1.165, 1.54) is 24.3 Å². The molecule has 0 saturated heterocycles. The number of hydrogen-bond donors (Lipinski definition) is 2. The fraction of sp³-hybridized carbons (Fsp3) is 0.375. The molecule has 10 nitrogen and oxygen atoms in total. The van der Waals surface area contributed by atoms with Crippen LogP contribution in [0.15, 0.2) is 49.2 Å². The van der Waals surface area contributed by atoms with Gasteiger partial charge in [0.25, 0.3) is 11.9 Å². The predicted molar refractivity (Wildman–Crippen MR) is 134 cm³/mol. The number of aromatic nitrogens is 3. The van der Waals surface area contributed by atoms with E-state index in [-0.39, 0.29) is 37.2 Å². The number of rotatable bonds is 12. The lowest BCUT2D eigenvalue weighted by Crippen LogP contribution is -2.33. The lowest BCUT2D eigenvalue weighted by atomic mass is 10.1. The highest BCUT2D eigenvalue weighted by atomic mass is 32.1. The summed E-state index contributed by atoms with van der Waals surface area (Å²) in [6.07, 6.45) is 8.04. The van der Waals surface area contributed by atoms with E-state index >= 15 is 0 Å². The van der Waals surface area contributed by atoms with Crippen LogP contribution >= 0.6 is 11.3 Å². The molecule has 0 radical (unpaired) electrons. The van der Waals surface area contributed by atoms with Crippen LogP contribution in [-0.4, -0.2) is 64.2 Å². The van der Waals surface area contributed by atoms with Crippen molar-refractivity contribution in [1.29, 1.82) is 0 Å². The van der Waals surface area contributed by atoms with E-state index in [0.29, 0.717) is 28.5 Å². The maximum absolute atomic E-state index is 14.0. The summed E-state index contributed by atoms with van der Waals surface area (Å²) >= 11 is 1.14. The lowest BCUT2D eigenvalue weighted by molar-refractivity contribution is -0.134. The number of nitrogens with zero attached hydrogens (tertiary/aromatic N) is 4. The molecule has 2 amide bonds. The summed E-state index contributed by atoms with van der Waals surface area (Å²) in [6.45, 7) is 2.87. The Morgan fingerprint density at radius 3 is 2.69 bits per heavy atom. The van der Waals surface area contributed by atoms with Gasteiger partial charge in [-0.15, -0.1) is 0 Å². The minimum Gasteiger partial charge on any atom is -0.481 e. The van der Waals surface area contributed by atoms with Crippen LogP contribution < -0.4 is 10.2 Å².